The average Bonchev–Trinajstić information content (AvgIpc) is 2.31. The smallest absolute Gasteiger partial charge is 0.169 e. The maximum Gasteiger partial charge on any atom is 0.169 e. The first-order valence-electron chi connectivity index (χ1n) is 6.46. The van der Waals surface area contributed by atoms with Crippen LogP contribution >= 0.6 is 11.6 Å². The topological polar surface area (TPSA) is 34.2 Å². The minimum Gasteiger partial charge on any atom is -0.487 e. The number of anilines is 1. The van der Waals surface area contributed by atoms with Crippen molar-refractivity contribution in [3.8, 4) is 5.75 Å². The molecule has 1 atom stereocenters. The molecule has 18 heavy (non-hydrogen) atoms. The van der Waals surface area contributed by atoms with Crippen LogP contribution in [0.4, 0.5) is 5.82 Å². The van der Waals surface area contributed by atoms with E-state index in [4.69, 9.17) is 16.3 Å². The predicted octanol–water partition coefficient (Wildman–Crippen LogP) is 4.08. The van der Waals surface area contributed by atoms with Crippen molar-refractivity contribution >= 4 is 17.4 Å². The van der Waals surface area contributed by atoms with Crippen LogP contribution in [0.1, 0.15) is 40.5 Å². The van der Waals surface area contributed by atoms with Crippen molar-refractivity contribution in [3.63, 3.8) is 0 Å². The molecular weight excluding hydrogens is 248 g/mol. The van der Waals surface area contributed by atoms with Gasteiger partial charge in [0, 0.05) is 17.6 Å². The van der Waals surface area contributed by atoms with Crippen molar-refractivity contribution in [1.29, 1.82) is 0 Å². The molecule has 102 valence electrons. The summed E-state index contributed by atoms with van der Waals surface area (Å²) in [4.78, 5) is 4.37. The molecule has 1 unspecified atom stereocenters. The van der Waals surface area contributed by atoms with Crippen LogP contribution in [0.5, 0.6) is 5.75 Å². The highest BCUT2D eigenvalue weighted by atomic mass is 35.5. The maximum absolute atomic E-state index is 5.86. The second-order valence-corrected chi connectivity index (χ2v) is 5.37. The lowest BCUT2D eigenvalue weighted by Gasteiger charge is -2.30. The predicted molar refractivity (Wildman–Crippen MR) is 77.7 cm³/mol. The zero-order chi connectivity index (χ0) is 13.6. The molecule has 3 nitrogen and oxygen atoms in total. The van der Waals surface area contributed by atoms with Gasteiger partial charge in [-0.2, -0.15) is 0 Å². The molecular formula is C14H23ClN2O. The first-order chi connectivity index (χ1) is 8.50. The van der Waals surface area contributed by atoms with Crippen molar-refractivity contribution < 1.29 is 4.74 Å². The monoisotopic (exact) mass is 270 g/mol. The fourth-order valence-corrected chi connectivity index (χ4v) is 2.07. The molecule has 0 bridgehead atoms. The fraction of sp³-hybridized carbons (Fsp3) is 0.643. The Labute approximate surface area is 115 Å². The highest BCUT2D eigenvalue weighted by molar-refractivity contribution is 6.17. The second-order valence-electron chi connectivity index (χ2n) is 4.99. The summed E-state index contributed by atoms with van der Waals surface area (Å²) in [5.74, 6) is 2.22. The van der Waals surface area contributed by atoms with Gasteiger partial charge in [0.2, 0.25) is 0 Å². The lowest BCUT2D eigenvalue weighted by atomic mass is 9.95. The van der Waals surface area contributed by atoms with Crippen molar-refractivity contribution in [2.75, 3.05) is 11.2 Å². The maximum atomic E-state index is 5.86. The van der Waals surface area contributed by atoms with Gasteiger partial charge in [-0.25, -0.2) is 4.98 Å². The van der Waals surface area contributed by atoms with E-state index in [9.17, 15) is 0 Å². The molecule has 0 fully saturated rings. The number of hydrogen-bond donors (Lipinski definition) is 1. The van der Waals surface area contributed by atoms with Crippen molar-refractivity contribution in [3.05, 3.63) is 18.3 Å². The van der Waals surface area contributed by atoms with Gasteiger partial charge >= 0.3 is 0 Å². The minimum absolute atomic E-state index is 0.0504. The quantitative estimate of drug-likeness (QED) is 0.758. The molecule has 4 heteroatoms. The number of halogens is 1. The summed E-state index contributed by atoms with van der Waals surface area (Å²) in [6.45, 7) is 8.32. The number of ether oxygens (including phenoxy) is 1. The summed E-state index contributed by atoms with van der Waals surface area (Å²) >= 11 is 5.86. The number of aromatic nitrogens is 1. The van der Waals surface area contributed by atoms with Gasteiger partial charge in [0.25, 0.3) is 0 Å². The number of nitrogens with one attached hydrogen (secondary N) is 1. The van der Waals surface area contributed by atoms with Crippen LogP contribution in [0, 0.1) is 0 Å². The second kappa shape index (κ2) is 6.83. The number of pyridine rings is 1. The number of nitrogens with zero attached hydrogens (tertiary/aromatic N) is 1. The van der Waals surface area contributed by atoms with E-state index in [2.05, 4.69) is 24.1 Å². The van der Waals surface area contributed by atoms with Crippen molar-refractivity contribution in [1.82, 2.24) is 4.98 Å². The van der Waals surface area contributed by atoms with Crippen LogP contribution in [-0.2, 0) is 0 Å². The summed E-state index contributed by atoms with van der Waals surface area (Å²) in [5, 5.41) is 3.46. The van der Waals surface area contributed by atoms with Crippen molar-refractivity contribution in [2.24, 2.45) is 0 Å². The molecule has 0 aliphatic carbocycles. The molecule has 0 aliphatic heterocycles. The zero-order valence-corrected chi connectivity index (χ0v) is 12.4. The lowest BCUT2D eigenvalue weighted by molar-refractivity contribution is 0.242. The summed E-state index contributed by atoms with van der Waals surface area (Å²) in [7, 11) is 0. The van der Waals surface area contributed by atoms with E-state index in [0.29, 0.717) is 5.88 Å². The minimum atomic E-state index is -0.0504. The SMILES string of the molecule is CCC(C)(CCCl)Nc1ncccc1OC(C)C. The molecule has 1 aromatic rings. The molecule has 0 amide bonds. The molecule has 0 saturated carbocycles. The largest absolute Gasteiger partial charge is 0.487 e. The number of rotatable bonds is 7. The van der Waals surface area contributed by atoms with Crippen LogP contribution < -0.4 is 10.1 Å². The standard InChI is InChI=1S/C14H23ClN2O/c1-5-14(4,8-9-15)17-13-12(18-11(2)3)7-6-10-16-13/h6-7,10-11H,5,8-9H2,1-4H3,(H,16,17). The first-order valence-corrected chi connectivity index (χ1v) is 7.00. The number of hydrogen-bond acceptors (Lipinski definition) is 3. The summed E-state index contributed by atoms with van der Waals surface area (Å²) < 4.78 is 5.76. The molecule has 0 aromatic carbocycles. The van der Waals surface area contributed by atoms with E-state index in [1.807, 2.05) is 26.0 Å². The molecule has 0 radical (unpaired) electrons. The summed E-state index contributed by atoms with van der Waals surface area (Å²) in [6, 6.07) is 3.82. The Hall–Kier alpha value is -0.960. The fourth-order valence-electron chi connectivity index (χ4n) is 1.66. The van der Waals surface area contributed by atoms with E-state index in [1.54, 1.807) is 6.20 Å². The van der Waals surface area contributed by atoms with Gasteiger partial charge in [-0.05, 0) is 45.7 Å². The van der Waals surface area contributed by atoms with Crippen molar-refractivity contribution in [2.45, 2.75) is 52.2 Å². The Morgan fingerprint density at radius 1 is 1.50 bits per heavy atom. The Kier molecular flexibility index (Phi) is 5.73. The van der Waals surface area contributed by atoms with Gasteiger partial charge in [-0.15, -0.1) is 11.6 Å². The molecule has 1 N–H and O–H groups in total. The van der Waals surface area contributed by atoms with E-state index in [0.717, 1.165) is 24.4 Å². The van der Waals surface area contributed by atoms with Gasteiger partial charge in [0.05, 0.1) is 6.10 Å². The number of alkyl halides is 1. The van der Waals surface area contributed by atoms with Crippen LogP contribution in [-0.4, -0.2) is 22.5 Å². The molecule has 1 heterocycles. The molecule has 1 rings (SSSR count). The zero-order valence-electron chi connectivity index (χ0n) is 11.7. The Morgan fingerprint density at radius 2 is 2.22 bits per heavy atom. The van der Waals surface area contributed by atoms with Gasteiger partial charge in [-0.1, -0.05) is 6.92 Å². The van der Waals surface area contributed by atoms with E-state index in [1.165, 1.54) is 0 Å². The van der Waals surface area contributed by atoms with E-state index >= 15 is 0 Å². The van der Waals surface area contributed by atoms with Gasteiger partial charge in [0.1, 0.15) is 0 Å². The highest BCUT2D eigenvalue weighted by Gasteiger charge is 2.23. The lowest BCUT2D eigenvalue weighted by Crippen LogP contribution is -2.35. The van der Waals surface area contributed by atoms with Gasteiger partial charge < -0.3 is 10.1 Å². The third kappa shape index (κ3) is 4.37. The highest BCUT2D eigenvalue weighted by Crippen LogP contribution is 2.28. The summed E-state index contributed by atoms with van der Waals surface area (Å²) in [5.41, 5.74) is -0.0504. The van der Waals surface area contributed by atoms with Crippen LogP contribution in [0.3, 0.4) is 0 Å². The van der Waals surface area contributed by atoms with Crippen LogP contribution in [0.25, 0.3) is 0 Å². The average molecular weight is 271 g/mol. The molecule has 0 saturated heterocycles. The first kappa shape index (κ1) is 15.1. The third-order valence-corrected chi connectivity index (χ3v) is 3.17. The molecule has 0 spiro atoms. The Morgan fingerprint density at radius 3 is 2.78 bits per heavy atom. The third-order valence-electron chi connectivity index (χ3n) is 2.98. The molecule has 0 aliphatic rings. The summed E-state index contributed by atoms with van der Waals surface area (Å²) in [6.07, 6.45) is 3.78. The Bertz CT molecular complexity index is 371. The molecule has 1 aromatic heterocycles. The van der Waals surface area contributed by atoms with Gasteiger partial charge in [-0.3, -0.25) is 0 Å². The van der Waals surface area contributed by atoms with E-state index in [-0.39, 0.29) is 11.6 Å². The van der Waals surface area contributed by atoms with Crippen LogP contribution in [0.15, 0.2) is 18.3 Å². The van der Waals surface area contributed by atoms with Gasteiger partial charge in [0.15, 0.2) is 11.6 Å². The Balaban J connectivity index is 2.88. The normalized spacial score (nSPS) is 14.3. The van der Waals surface area contributed by atoms with Crippen LogP contribution in [0.2, 0.25) is 0 Å². The van der Waals surface area contributed by atoms with E-state index < -0.39 is 0 Å².